The lowest BCUT2D eigenvalue weighted by Gasteiger charge is -2.17. The van der Waals surface area contributed by atoms with E-state index in [1.807, 2.05) is 11.8 Å². The normalized spacial score (nSPS) is 11.4. The van der Waals surface area contributed by atoms with Crippen LogP contribution in [0.1, 0.15) is 31.3 Å². The lowest BCUT2D eigenvalue weighted by Crippen LogP contribution is -2.26. The van der Waals surface area contributed by atoms with Crippen molar-refractivity contribution in [2.45, 2.75) is 25.5 Å². The molecule has 0 saturated carbocycles. The molecule has 84 valence electrons. The molecule has 1 heterocycles. The molecule has 0 radical (unpaired) electrons. The number of hydrogen-bond donors (Lipinski definition) is 1. The van der Waals surface area contributed by atoms with Crippen LogP contribution in [0.5, 0.6) is 0 Å². The van der Waals surface area contributed by atoms with Gasteiger partial charge in [-0.3, -0.25) is 4.79 Å². The van der Waals surface area contributed by atoms with E-state index in [-0.39, 0.29) is 10.7 Å². The summed E-state index contributed by atoms with van der Waals surface area (Å²) in [7, 11) is 0. The Balaban J connectivity index is 2.19. The molecule has 0 aliphatic heterocycles. The zero-order chi connectivity index (χ0) is 11.3. The second-order valence-corrected chi connectivity index (χ2v) is 6.12. The van der Waals surface area contributed by atoms with Gasteiger partial charge in [-0.15, -0.1) is 0 Å². The second kappa shape index (κ2) is 5.26. The van der Waals surface area contributed by atoms with Crippen LogP contribution < -0.4 is 5.32 Å². The van der Waals surface area contributed by atoms with Crippen LogP contribution in [0.3, 0.4) is 0 Å². The van der Waals surface area contributed by atoms with Crippen LogP contribution in [0.4, 0.5) is 0 Å². The summed E-state index contributed by atoms with van der Waals surface area (Å²) < 4.78 is 5.22. The van der Waals surface area contributed by atoms with Crippen molar-refractivity contribution in [1.29, 1.82) is 0 Å². The highest BCUT2D eigenvalue weighted by Crippen LogP contribution is 2.21. The molecule has 0 aromatic carbocycles. The van der Waals surface area contributed by atoms with Crippen molar-refractivity contribution in [3.8, 4) is 0 Å². The van der Waals surface area contributed by atoms with Crippen LogP contribution in [-0.2, 0) is 0 Å². The third-order valence-electron chi connectivity index (χ3n) is 1.67. The van der Waals surface area contributed by atoms with Crippen molar-refractivity contribution >= 4 is 17.7 Å². The summed E-state index contributed by atoms with van der Waals surface area (Å²) in [6.45, 7) is 7.14. The molecule has 1 amide bonds. The summed E-state index contributed by atoms with van der Waals surface area (Å²) >= 11 is 1.83. The van der Waals surface area contributed by atoms with Crippen molar-refractivity contribution in [2.75, 3.05) is 12.3 Å². The number of furan rings is 1. The molecular formula is C11H17NO2S. The van der Waals surface area contributed by atoms with E-state index in [0.717, 1.165) is 5.75 Å². The number of carbonyl (C=O) groups is 1. The van der Waals surface area contributed by atoms with Gasteiger partial charge >= 0.3 is 0 Å². The first-order chi connectivity index (χ1) is 6.99. The first-order valence-corrected chi connectivity index (χ1v) is 5.93. The Morgan fingerprint density at radius 2 is 2.27 bits per heavy atom. The van der Waals surface area contributed by atoms with Gasteiger partial charge in [0.1, 0.15) is 0 Å². The maximum Gasteiger partial charge on any atom is 0.287 e. The monoisotopic (exact) mass is 227 g/mol. The van der Waals surface area contributed by atoms with Crippen molar-refractivity contribution in [3.63, 3.8) is 0 Å². The van der Waals surface area contributed by atoms with E-state index < -0.39 is 0 Å². The lowest BCUT2D eigenvalue weighted by molar-refractivity contribution is 0.0928. The van der Waals surface area contributed by atoms with Crippen LogP contribution in [-0.4, -0.2) is 23.0 Å². The zero-order valence-electron chi connectivity index (χ0n) is 9.37. The summed E-state index contributed by atoms with van der Waals surface area (Å²) in [6, 6.07) is 3.37. The smallest absolute Gasteiger partial charge is 0.287 e. The van der Waals surface area contributed by atoms with Gasteiger partial charge in [0, 0.05) is 17.0 Å². The molecule has 0 saturated heterocycles. The molecule has 4 heteroatoms. The van der Waals surface area contributed by atoms with Gasteiger partial charge in [-0.2, -0.15) is 11.8 Å². The standard InChI is InChI=1S/C11H17NO2S/c1-11(2,3)15-8-6-12-10(13)9-5-4-7-14-9/h4-5,7H,6,8H2,1-3H3,(H,12,13). The minimum atomic E-state index is -0.144. The fourth-order valence-electron chi connectivity index (χ4n) is 1.02. The van der Waals surface area contributed by atoms with Crippen LogP contribution in [0.2, 0.25) is 0 Å². The first-order valence-electron chi connectivity index (χ1n) is 4.95. The van der Waals surface area contributed by atoms with Crippen molar-refractivity contribution < 1.29 is 9.21 Å². The predicted octanol–water partition coefficient (Wildman–Crippen LogP) is 2.54. The Hall–Kier alpha value is -0.900. The minimum Gasteiger partial charge on any atom is -0.459 e. The second-order valence-electron chi connectivity index (χ2n) is 4.19. The molecule has 0 aliphatic rings. The highest BCUT2D eigenvalue weighted by molar-refractivity contribution is 8.00. The summed E-state index contributed by atoms with van der Waals surface area (Å²) in [5.41, 5.74) is 0. The van der Waals surface area contributed by atoms with Crippen LogP contribution in [0.15, 0.2) is 22.8 Å². The van der Waals surface area contributed by atoms with Gasteiger partial charge in [-0.1, -0.05) is 20.8 Å². The predicted molar refractivity (Wildman–Crippen MR) is 63.3 cm³/mol. The van der Waals surface area contributed by atoms with E-state index in [4.69, 9.17) is 4.42 Å². The van der Waals surface area contributed by atoms with Gasteiger partial charge in [0.25, 0.3) is 5.91 Å². The molecule has 1 rings (SSSR count). The zero-order valence-corrected chi connectivity index (χ0v) is 10.2. The molecule has 0 unspecified atom stereocenters. The highest BCUT2D eigenvalue weighted by atomic mass is 32.2. The van der Waals surface area contributed by atoms with E-state index in [1.165, 1.54) is 6.26 Å². The molecule has 0 bridgehead atoms. The van der Waals surface area contributed by atoms with Gasteiger partial charge in [0.2, 0.25) is 0 Å². The molecule has 0 spiro atoms. The van der Waals surface area contributed by atoms with Gasteiger partial charge in [0.15, 0.2) is 5.76 Å². The van der Waals surface area contributed by atoms with E-state index in [0.29, 0.717) is 12.3 Å². The first kappa shape index (κ1) is 12.2. The molecule has 0 aliphatic carbocycles. The van der Waals surface area contributed by atoms with E-state index in [1.54, 1.807) is 12.1 Å². The quantitative estimate of drug-likeness (QED) is 0.804. The Kier molecular flexibility index (Phi) is 4.27. The minimum absolute atomic E-state index is 0.144. The number of carbonyl (C=O) groups excluding carboxylic acids is 1. The molecule has 15 heavy (non-hydrogen) atoms. The molecular weight excluding hydrogens is 210 g/mol. The Labute approximate surface area is 94.6 Å². The average molecular weight is 227 g/mol. The fourth-order valence-corrected chi connectivity index (χ4v) is 1.83. The molecule has 1 N–H and O–H groups in total. The summed E-state index contributed by atoms with van der Waals surface area (Å²) in [5, 5.41) is 2.80. The molecule has 1 aromatic rings. The van der Waals surface area contributed by atoms with E-state index in [2.05, 4.69) is 26.1 Å². The third-order valence-corrected chi connectivity index (χ3v) is 2.94. The van der Waals surface area contributed by atoms with E-state index >= 15 is 0 Å². The van der Waals surface area contributed by atoms with Crippen LogP contribution in [0.25, 0.3) is 0 Å². The number of rotatable bonds is 4. The van der Waals surface area contributed by atoms with Gasteiger partial charge in [0.05, 0.1) is 6.26 Å². The lowest BCUT2D eigenvalue weighted by atomic mass is 10.3. The molecule has 0 fully saturated rings. The number of amides is 1. The Morgan fingerprint density at radius 3 is 2.80 bits per heavy atom. The average Bonchev–Trinajstić information content (AvgIpc) is 2.63. The van der Waals surface area contributed by atoms with Crippen molar-refractivity contribution in [3.05, 3.63) is 24.2 Å². The fraction of sp³-hybridized carbons (Fsp3) is 0.545. The topological polar surface area (TPSA) is 42.2 Å². The molecule has 3 nitrogen and oxygen atoms in total. The van der Waals surface area contributed by atoms with Gasteiger partial charge in [-0.05, 0) is 12.1 Å². The highest BCUT2D eigenvalue weighted by Gasteiger charge is 2.11. The summed E-state index contributed by atoms with van der Waals surface area (Å²) in [6.07, 6.45) is 1.50. The van der Waals surface area contributed by atoms with Gasteiger partial charge in [-0.25, -0.2) is 0 Å². The Morgan fingerprint density at radius 1 is 1.53 bits per heavy atom. The number of nitrogens with one attached hydrogen (secondary N) is 1. The molecule has 0 atom stereocenters. The molecule has 1 aromatic heterocycles. The van der Waals surface area contributed by atoms with Crippen molar-refractivity contribution in [2.24, 2.45) is 0 Å². The maximum atomic E-state index is 11.4. The Bertz CT molecular complexity index is 301. The third kappa shape index (κ3) is 4.93. The number of hydrogen-bond acceptors (Lipinski definition) is 3. The number of thioether (sulfide) groups is 1. The van der Waals surface area contributed by atoms with Gasteiger partial charge < -0.3 is 9.73 Å². The summed E-state index contributed by atoms with van der Waals surface area (Å²) in [5.74, 6) is 1.14. The van der Waals surface area contributed by atoms with E-state index in [9.17, 15) is 4.79 Å². The van der Waals surface area contributed by atoms with Crippen LogP contribution >= 0.6 is 11.8 Å². The summed E-state index contributed by atoms with van der Waals surface area (Å²) in [4.78, 5) is 11.4. The van der Waals surface area contributed by atoms with Crippen molar-refractivity contribution in [1.82, 2.24) is 5.32 Å². The largest absolute Gasteiger partial charge is 0.459 e. The maximum absolute atomic E-state index is 11.4. The SMILES string of the molecule is CC(C)(C)SCCNC(=O)c1ccco1. The van der Waals surface area contributed by atoms with Crippen LogP contribution in [0, 0.1) is 0 Å².